The average Bonchev–Trinajstić information content (AvgIpc) is 2.27. The molecule has 2 atom stereocenters. The topological polar surface area (TPSA) is 92.8 Å². The molecule has 1 N–H and O–H groups in total. The van der Waals surface area contributed by atoms with Crippen molar-refractivity contribution in [2.45, 2.75) is 51.5 Å². The van der Waals surface area contributed by atoms with E-state index in [4.69, 9.17) is 4.74 Å². The lowest BCUT2D eigenvalue weighted by Gasteiger charge is -2.40. The highest BCUT2D eigenvalue weighted by molar-refractivity contribution is 7.91. The number of ether oxygens (including phenoxy) is 1. The number of carbonyl (C=O) groups is 2. The maximum atomic E-state index is 12.0. The summed E-state index contributed by atoms with van der Waals surface area (Å²) in [5.74, 6) is -0.947. The number of hydrogen-bond acceptors (Lipinski definition) is 5. The van der Waals surface area contributed by atoms with E-state index in [-0.39, 0.29) is 11.9 Å². The van der Waals surface area contributed by atoms with Crippen molar-refractivity contribution >= 4 is 21.8 Å². The van der Waals surface area contributed by atoms with Gasteiger partial charge in [-0.15, -0.1) is 0 Å². The van der Waals surface area contributed by atoms with Crippen molar-refractivity contribution in [1.29, 1.82) is 0 Å². The number of hydrogen-bond donors (Lipinski definition) is 1. The number of rotatable bonds is 4. The van der Waals surface area contributed by atoms with E-state index in [9.17, 15) is 18.0 Å². The molecule has 8 heteroatoms. The van der Waals surface area contributed by atoms with Crippen molar-refractivity contribution in [2.24, 2.45) is 5.92 Å². The number of nitrogens with zero attached hydrogens (tertiary/aromatic N) is 1. The van der Waals surface area contributed by atoms with E-state index in [1.54, 1.807) is 27.7 Å². The Morgan fingerprint density at radius 2 is 1.73 bits per heavy atom. The predicted molar refractivity (Wildman–Crippen MR) is 83.2 cm³/mol. The first-order valence-electron chi connectivity index (χ1n) is 7.28. The van der Waals surface area contributed by atoms with Gasteiger partial charge >= 0.3 is 6.09 Å². The van der Waals surface area contributed by atoms with Crippen LogP contribution in [0.15, 0.2) is 0 Å². The van der Waals surface area contributed by atoms with Crippen LogP contribution in [0.5, 0.6) is 0 Å². The molecule has 22 heavy (non-hydrogen) atoms. The van der Waals surface area contributed by atoms with Crippen LogP contribution in [0.4, 0.5) is 4.79 Å². The van der Waals surface area contributed by atoms with Crippen molar-refractivity contribution in [3.05, 3.63) is 0 Å². The fourth-order valence-electron chi connectivity index (χ4n) is 1.96. The average molecular weight is 334 g/mol. The molecule has 1 rings (SSSR count). The van der Waals surface area contributed by atoms with Crippen molar-refractivity contribution in [1.82, 2.24) is 10.2 Å². The molecule has 1 heterocycles. The monoisotopic (exact) mass is 334 g/mol. The highest BCUT2D eigenvalue weighted by Gasteiger charge is 2.36. The second-order valence-electron chi connectivity index (χ2n) is 6.91. The van der Waals surface area contributed by atoms with Gasteiger partial charge in [-0.1, -0.05) is 6.92 Å². The SMILES string of the molecule is C[C@H]([C@@H](C)C(=O)NC1CN(C(=O)OC(C)(C)C)C1)S(C)(=O)=O. The Morgan fingerprint density at radius 1 is 1.23 bits per heavy atom. The molecule has 1 aliphatic heterocycles. The third kappa shape index (κ3) is 5.15. The number of nitrogens with one attached hydrogen (secondary N) is 1. The molecule has 0 aromatic carbocycles. The summed E-state index contributed by atoms with van der Waals surface area (Å²) in [4.78, 5) is 25.3. The minimum Gasteiger partial charge on any atom is -0.444 e. The van der Waals surface area contributed by atoms with Gasteiger partial charge in [0.1, 0.15) is 5.60 Å². The first-order valence-corrected chi connectivity index (χ1v) is 9.24. The lowest BCUT2D eigenvalue weighted by Crippen LogP contribution is -2.62. The molecule has 1 saturated heterocycles. The van der Waals surface area contributed by atoms with Gasteiger partial charge in [-0.3, -0.25) is 4.79 Å². The van der Waals surface area contributed by atoms with Crippen molar-refractivity contribution in [3.8, 4) is 0 Å². The van der Waals surface area contributed by atoms with Crippen LogP contribution in [-0.4, -0.2) is 61.6 Å². The van der Waals surface area contributed by atoms with Crippen LogP contribution < -0.4 is 5.32 Å². The van der Waals surface area contributed by atoms with E-state index >= 15 is 0 Å². The Labute approximate surface area is 132 Å². The minimum atomic E-state index is -3.26. The second-order valence-corrected chi connectivity index (χ2v) is 9.32. The predicted octanol–water partition coefficient (Wildman–Crippen LogP) is 0.791. The summed E-state index contributed by atoms with van der Waals surface area (Å²) in [6, 6.07) is -0.158. The van der Waals surface area contributed by atoms with Crippen LogP contribution in [0.2, 0.25) is 0 Å². The highest BCUT2D eigenvalue weighted by Crippen LogP contribution is 2.17. The zero-order valence-electron chi connectivity index (χ0n) is 14.0. The molecule has 0 aliphatic carbocycles. The molecule has 0 aromatic rings. The molecule has 0 bridgehead atoms. The van der Waals surface area contributed by atoms with E-state index in [0.29, 0.717) is 13.1 Å². The Kier molecular flexibility index (Phi) is 5.48. The summed E-state index contributed by atoms with van der Waals surface area (Å²) in [6.07, 6.45) is 0.713. The van der Waals surface area contributed by atoms with Gasteiger partial charge in [-0.25, -0.2) is 13.2 Å². The summed E-state index contributed by atoms with van der Waals surface area (Å²) in [5, 5.41) is 2.02. The van der Waals surface area contributed by atoms with E-state index in [0.717, 1.165) is 6.26 Å². The Hall–Kier alpha value is -1.31. The summed E-state index contributed by atoms with van der Waals surface area (Å²) in [6.45, 7) is 9.23. The fourth-order valence-corrected chi connectivity index (χ4v) is 2.83. The zero-order chi connectivity index (χ0) is 17.3. The first kappa shape index (κ1) is 18.7. The number of sulfone groups is 1. The molecule has 0 unspecified atom stereocenters. The third-order valence-electron chi connectivity index (χ3n) is 3.67. The molecular weight excluding hydrogens is 308 g/mol. The van der Waals surface area contributed by atoms with E-state index in [1.807, 2.05) is 0 Å². The van der Waals surface area contributed by atoms with Gasteiger partial charge in [0.05, 0.1) is 17.2 Å². The van der Waals surface area contributed by atoms with E-state index in [2.05, 4.69) is 5.32 Å². The smallest absolute Gasteiger partial charge is 0.410 e. The van der Waals surface area contributed by atoms with Crippen LogP contribution >= 0.6 is 0 Å². The molecule has 7 nitrogen and oxygen atoms in total. The number of amides is 2. The summed E-state index contributed by atoms with van der Waals surface area (Å²) < 4.78 is 28.2. The fraction of sp³-hybridized carbons (Fsp3) is 0.857. The van der Waals surface area contributed by atoms with Gasteiger partial charge < -0.3 is 15.0 Å². The highest BCUT2D eigenvalue weighted by atomic mass is 32.2. The lowest BCUT2D eigenvalue weighted by atomic mass is 10.1. The second kappa shape index (κ2) is 6.44. The van der Waals surface area contributed by atoms with Gasteiger partial charge in [0.25, 0.3) is 0 Å². The van der Waals surface area contributed by atoms with Crippen LogP contribution in [0.1, 0.15) is 34.6 Å². The first-order chi connectivity index (χ1) is 9.81. The number of likely N-dealkylation sites (tertiary alicyclic amines) is 1. The van der Waals surface area contributed by atoms with Crippen molar-refractivity contribution in [3.63, 3.8) is 0 Å². The van der Waals surface area contributed by atoms with Crippen LogP contribution in [-0.2, 0) is 19.4 Å². The molecule has 0 aromatic heterocycles. The Balaban J connectivity index is 2.43. The molecule has 0 radical (unpaired) electrons. The van der Waals surface area contributed by atoms with Gasteiger partial charge in [-0.05, 0) is 27.7 Å². The minimum absolute atomic E-state index is 0.158. The molecular formula is C14H26N2O5S. The maximum absolute atomic E-state index is 12.0. The van der Waals surface area contributed by atoms with Crippen LogP contribution in [0, 0.1) is 5.92 Å². The summed E-state index contributed by atoms with van der Waals surface area (Å²) in [7, 11) is -3.26. The normalized spacial score (nSPS) is 19.1. The van der Waals surface area contributed by atoms with E-state index < -0.39 is 32.7 Å². The van der Waals surface area contributed by atoms with E-state index in [1.165, 1.54) is 11.8 Å². The molecule has 1 fully saturated rings. The maximum Gasteiger partial charge on any atom is 0.410 e. The molecule has 1 aliphatic rings. The summed E-state index contributed by atoms with van der Waals surface area (Å²) in [5.41, 5.74) is -0.551. The van der Waals surface area contributed by atoms with Gasteiger partial charge in [0.2, 0.25) is 5.91 Å². The summed E-state index contributed by atoms with van der Waals surface area (Å²) >= 11 is 0. The van der Waals surface area contributed by atoms with Crippen LogP contribution in [0.25, 0.3) is 0 Å². The molecule has 2 amide bonds. The Morgan fingerprint density at radius 3 is 2.14 bits per heavy atom. The largest absolute Gasteiger partial charge is 0.444 e. The number of carbonyl (C=O) groups excluding carboxylic acids is 2. The molecule has 128 valence electrons. The van der Waals surface area contributed by atoms with Crippen molar-refractivity contribution in [2.75, 3.05) is 19.3 Å². The zero-order valence-corrected chi connectivity index (χ0v) is 14.9. The van der Waals surface area contributed by atoms with Gasteiger partial charge in [0.15, 0.2) is 9.84 Å². The van der Waals surface area contributed by atoms with Crippen molar-refractivity contribution < 1.29 is 22.7 Å². The quantitative estimate of drug-likeness (QED) is 0.820. The Bertz CT molecular complexity index is 532. The van der Waals surface area contributed by atoms with Gasteiger partial charge in [0, 0.05) is 19.3 Å². The lowest BCUT2D eigenvalue weighted by molar-refractivity contribution is -0.126. The standard InChI is InChI=1S/C14H26N2O5S/c1-9(10(2)22(6,19)20)12(17)15-11-7-16(8-11)13(18)21-14(3,4)5/h9-11H,7-8H2,1-6H3,(H,15,17)/t9-,10-/m1/s1. The van der Waals surface area contributed by atoms with Gasteiger partial charge in [-0.2, -0.15) is 0 Å². The molecule has 0 saturated carbocycles. The van der Waals surface area contributed by atoms with Crippen LogP contribution in [0.3, 0.4) is 0 Å². The third-order valence-corrected chi connectivity index (χ3v) is 5.43. The molecule has 0 spiro atoms.